The maximum absolute atomic E-state index is 12.2. The number of esters is 1. The SMILES string of the molecule is Cc1cccn2c(=O)cc(COC(=O)c3csc(-c4cccs4)n3)nc12. The Morgan fingerprint density at radius 1 is 1.23 bits per heavy atom. The summed E-state index contributed by atoms with van der Waals surface area (Å²) in [4.78, 5) is 34.1. The van der Waals surface area contributed by atoms with Crippen molar-refractivity contribution in [1.29, 1.82) is 0 Å². The molecule has 0 atom stereocenters. The fraction of sp³-hybridized carbons (Fsp3) is 0.111. The van der Waals surface area contributed by atoms with Gasteiger partial charge < -0.3 is 4.74 Å². The van der Waals surface area contributed by atoms with Gasteiger partial charge in [0.2, 0.25) is 0 Å². The molecule has 6 nitrogen and oxygen atoms in total. The van der Waals surface area contributed by atoms with E-state index in [-0.39, 0.29) is 17.9 Å². The Kier molecular flexibility index (Phi) is 4.36. The highest BCUT2D eigenvalue weighted by Gasteiger charge is 2.15. The van der Waals surface area contributed by atoms with Gasteiger partial charge in [-0.2, -0.15) is 0 Å². The number of carbonyl (C=O) groups excluding carboxylic acids is 1. The first-order valence-electron chi connectivity index (χ1n) is 7.76. The Labute approximate surface area is 156 Å². The number of hydrogen-bond donors (Lipinski definition) is 0. The summed E-state index contributed by atoms with van der Waals surface area (Å²) in [6.45, 7) is 1.80. The monoisotopic (exact) mass is 383 g/mol. The maximum Gasteiger partial charge on any atom is 0.358 e. The number of fused-ring (bicyclic) bond motifs is 1. The van der Waals surface area contributed by atoms with Crippen LogP contribution in [-0.4, -0.2) is 20.3 Å². The van der Waals surface area contributed by atoms with Crippen molar-refractivity contribution in [2.75, 3.05) is 0 Å². The van der Waals surface area contributed by atoms with Crippen molar-refractivity contribution in [3.63, 3.8) is 0 Å². The van der Waals surface area contributed by atoms with E-state index in [4.69, 9.17) is 4.74 Å². The van der Waals surface area contributed by atoms with Crippen LogP contribution in [0.3, 0.4) is 0 Å². The number of aromatic nitrogens is 3. The van der Waals surface area contributed by atoms with Gasteiger partial charge in [-0.3, -0.25) is 9.20 Å². The number of hydrogen-bond acceptors (Lipinski definition) is 7. The van der Waals surface area contributed by atoms with E-state index in [1.54, 1.807) is 29.0 Å². The molecule has 0 amide bonds. The average Bonchev–Trinajstić information content (AvgIpc) is 3.32. The van der Waals surface area contributed by atoms with Crippen LogP contribution < -0.4 is 5.56 Å². The van der Waals surface area contributed by atoms with Crippen molar-refractivity contribution in [2.24, 2.45) is 0 Å². The third-order valence-corrected chi connectivity index (χ3v) is 5.62. The molecule has 0 radical (unpaired) electrons. The second-order valence-electron chi connectivity index (χ2n) is 5.56. The van der Waals surface area contributed by atoms with Crippen LogP contribution in [-0.2, 0) is 11.3 Å². The van der Waals surface area contributed by atoms with Crippen LogP contribution in [0.2, 0.25) is 0 Å². The Balaban J connectivity index is 1.52. The number of thiazole rings is 1. The summed E-state index contributed by atoms with van der Waals surface area (Å²) in [5.74, 6) is -0.532. The Morgan fingerprint density at radius 3 is 2.92 bits per heavy atom. The van der Waals surface area contributed by atoms with Gasteiger partial charge in [0.25, 0.3) is 5.56 Å². The third kappa shape index (κ3) is 3.16. The largest absolute Gasteiger partial charge is 0.454 e. The molecular formula is C18H13N3O3S2. The number of rotatable bonds is 4. The van der Waals surface area contributed by atoms with E-state index in [2.05, 4.69) is 9.97 Å². The first-order valence-corrected chi connectivity index (χ1v) is 9.52. The third-order valence-electron chi connectivity index (χ3n) is 3.74. The minimum Gasteiger partial charge on any atom is -0.454 e. The fourth-order valence-corrected chi connectivity index (χ4v) is 4.08. The van der Waals surface area contributed by atoms with Gasteiger partial charge >= 0.3 is 5.97 Å². The minimum atomic E-state index is -0.532. The highest BCUT2D eigenvalue weighted by atomic mass is 32.1. The second kappa shape index (κ2) is 6.81. The van der Waals surface area contributed by atoms with Gasteiger partial charge in [0.05, 0.1) is 10.6 Å². The maximum atomic E-state index is 12.2. The van der Waals surface area contributed by atoms with Gasteiger partial charge in [-0.15, -0.1) is 22.7 Å². The molecule has 4 rings (SSSR count). The predicted molar refractivity (Wildman–Crippen MR) is 101 cm³/mol. The summed E-state index contributed by atoms with van der Waals surface area (Å²) in [6.07, 6.45) is 1.66. The number of pyridine rings is 1. The molecule has 0 saturated heterocycles. The molecule has 0 aliphatic rings. The molecule has 4 aromatic heterocycles. The van der Waals surface area contributed by atoms with Crippen molar-refractivity contribution >= 4 is 34.3 Å². The van der Waals surface area contributed by atoms with E-state index in [9.17, 15) is 9.59 Å². The molecule has 4 heterocycles. The lowest BCUT2D eigenvalue weighted by molar-refractivity contribution is 0.0462. The molecule has 130 valence electrons. The van der Waals surface area contributed by atoms with Crippen molar-refractivity contribution in [1.82, 2.24) is 14.4 Å². The number of ether oxygens (including phenoxy) is 1. The van der Waals surface area contributed by atoms with Gasteiger partial charge in [0.15, 0.2) is 5.69 Å². The lowest BCUT2D eigenvalue weighted by Crippen LogP contribution is -2.17. The van der Waals surface area contributed by atoms with Crippen LogP contribution in [0.4, 0.5) is 0 Å². The predicted octanol–water partition coefficient (Wildman–Crippen LogP) is 3.54. The topological polar surface area (TPSA) is 73.6 Å². The Bertz CT molecular complexity index is 1150. The van der Waals surface area contributed by atoms with Gasteiger partial charge in [0.1, 0.15) is 17.3 Å². The first kappa shape index (κ1) is 16.6. The fourth-order valence-electron chi connectivity index (χ4n) is 2.48. The van der Waals surface area contributed by atoms with Crippen LogP contribution in [0.25, 0.3) is 15.5 Å². The van der Waals surface area contributed by atoms with Crippen LogP contribution in [0, 0.1) is 6.92 Å². The zero-order chi connectivity index (χ0) is 18.1. The molecule has 0 unspecified atom stereocenters. The molecular weight excluding hydrogens is 370 g/mol. The molecule has 4 aromatic rings. The summed E-state index contributed by atoms with van der Waals surface area (Å²) in [5.41, 5.74) is 1.88. The zero-order valence-corrected chi connectivity index (χ0v) is 15.3. The first-order chi connectivity index (χ1) is 12.6. The molecule has 26 heavy (non-hydrogen) atoms. The molecule has 0 aliphatic carbocycles. The summed E-state index contributed by atoms with van der Waals surface area (Å²) in [6, 6.07) is 8.92. The molecule has 0 saturated carbocycles. The van der Waals surface area contributed by atoms with E-state index < -0.39 is 5.97 Å². The number of nitrogens with zero attached hydrogens (tertiary/aromatic N) is 3. The smallest absolute Gasteiger partial charge is 0.358 e. The van der Waals surface area contributed by atoms with Crippen molar-refractivity contribution < 1.29 is 9.53 Å². The highest BCUT2D eigenvalue weighted by molar-refractivity contribution is 7.20. The summed E-state index contributed by atoms with van der Waals surface area (Å²) in [7, 11) is 0. The van der Waals surface area contributed by atoms with E-state index in [0.717, 1.165) is 15.4 Å². The van der Waals surface area contributed by atoms with Crippen LogP contribution in [0.15, 0.2) is 52.1 Å². The van der Waals surface area contributed by atoms with E-state index in [1.165, 1.54) is 21.8 Å². The number of aryl methyl sites for hydroxylation is 1. The average molecular weight is 383 g/mol. The molecule has 0 aliphatic heterocycles. The van der Waals surface area contributed by atoms with Gasteiger partial charge in [0, 0.05) is 17.6 Å². The standard InChI is InChI=1S/C18H13N3O3S2/c1-11-4-2-6-21-15(22)8-12(19-16(11)21)9-24-18(23)13-10-26-17(20-13)14-5-3-7-25-14/h2-8,10H,9H2,1H3. The minimum absolute atomic E-state index is 0.0786. The van der Waals surface area contributed by atoms with E-state index in [0.29, 0.717) is 11.3 Å². The normalized spacial score (nSPS) is 11.0. The van der Waals surface area contributed by atoms with E-state index >= 15 is 0 Å². The Morgan fingerprint density at radius 2 is 2.12 bits per heavy atom. The second-order valence-corrected chi connectivity index (χ2v) is 7.37. The van der Waals surface area contributed by atoms with Crippen LogP contribution in [0.5, 0.6) is 0 Å². The quantitative estimate of drug-likeness (QED) is 0.504. The molecule has 0 spiro atoms. The van der Waals surface area contributed by atoms with Gasteiger partial charge in [-0.1, -0.05) is 12.1 Å². The van der Waals surface area contributed by atoms with Gasteiger partial charge in [-0.25, -0.2) is 14.8 Å². The number of thiophene rings is 1. The molecule has 8 heteroatoms. The molecule has 0 bridgehead atoms. The van der Waals surface area contributed by atoms with Crippen molar-refractivity contribution in [2.45, 2.75) is 13.5 Å². The number of carbonyl (C=O) groups is 1. The molecule has 0 aromatic carbocycles. The summed E-state index contributed by atoms with van der Waals surface area (Å²) in [5, 5.41) is 4.41. The highest BCUT2D eigenvalue weighted by Crippen LogP contribution is 2.28. The summed E-state index contributed by atoms with van der Waals surface area (Å²) < 4.78 is 6.75. The van der Waals surface area contributed by atoms with Crippen molar-refractivity contribution in [3.8, 4) is 9.88 Å². The van der Waals surface area contributed by atoms with Crippen LogP contribution >= 0.6 is 22.7 Å². The van der Waals surface area contributed by atoms with Gasteiger partial charge in [-0.05, 0) is 30.0 Å². The molecule has 0 fully saturated rings. The van der Waals surface area contributed by atoms with Crippen molar-refractivity contribution in [3.05, 3.63) is 74.6 Å². The Hall–Kier alpha value is -2.84. The molecule has 0 N–H and O–H groups in total. The lowest BCUT2D eigenvalue weighted by atomic mass is 10.3. The zero-order valence-electron chi connectivity index (χ0n) is 13.7. The summed E-state index contributed by atoms with van der Waals surface area (Å²) >= 11 is 2.96. The van der Waals surface area contributed by atoms with Crippen LogP contribution in [0.1, 0.15) is 21.7 Å². The van der Waals surface area contributed by atoms with E-state index in [1.807, 2.05) is 30.5 Å². The lowest BCUT2D eigenvalue weighted by Gasteiger charge is -2.06.